The quantitative estimate of drug-likeness (QED) is 0.578. The number of carbonyl (C=O) groups excluding carboxylic acids is 1. The summed E-state index contributed by atoms with van der Waals surface area (Å²) in [5, 5.41) is 2.81. The van der Waals surface area contributed by atoms with Crippen molar-refractivity contribution in [3.05, 3.63) is 0 Å². The molecule has 0 fully saturated rings. The van der Waals surface area contributed by atoms with Gasteiger partial charge in [-0.3, -0.25) is 4.79 Å². The predicted octanol–water partition coefficient (Wildman–Crippen LogP) is 0.595. The molecule has 0 aliphatic heterocycles. The van der Waals surface area contributed by atoms with E-state index in [-0.39, 0.29) is 5.91 Å². The summed E-state index contributed by atoms with van der Waals surface area (Å²) < 4.78 is 0. The third kappa shape index (κ3) is 7.88. The first-order valence-electron chi connectivity index (χ1n) is 4.27. The van der Waals surface area contributed by atoms with Gasteiger partial charge in [-0.2, -0.15) is 11.8 Å². The Hall–Kier alpha value is -0.220. The number of amides is 1. The Kier molecular flexibility index (Phi) is 8.71. The Morgan fingerprint density at radius 2 is 2.25 bits per heavy atom. The molecule has 0 bridgehead atoms. The highest BCUT2D eigenvalue weighted by Gasteiger charge is 1.96. The Morgan fingerprint density at radius 3 is 2.83 bits per heavy atom. The maximum Gasteiger partial charge on any atom is 0.221 e. The topological polar surface area (TPSA) is 55.1 Å². The standard InChI is InChI=1S/C8H18N2OS/c1-12-7-3-2-6-10-8(11)4-5-9/h2-7,9H2,1H3,(H,10,11). The molecular weight excluding hydrogens is 172 g/mol. The van der Waals surface area contributed by atoms with E-state index in [1.165, 1.54) is 12.2 Å². The lowest BCUT2D eigenvalue weighted by Crippen LogP contribution is -2.26. The zero-order valence-electron chi connectivity index (χ0n) is 7.64. The fourth-order valence-electron chi connectivity index (χ4n) is 0.819. The number of hydrogen-bond donors (Lipinski definition) is 2. The van der Waals surface area contributed by atoms with Crippen molar-refractivity contribution < 1.29 is 4.79 Å². The van der Waals surface area contributed by atoms with Crippen LogP contribution in [0, 0.1) is 0 Å². The summed E-state index contributed by atoms with van der Waals surface area (Å²) in [6.45, 7) is 1.23. The maximum atomic E-state index is 10.9. The fraction of sp³-hybridized carbons (Fsp3) is 0.875. The molecule has 3 nitrogen and oxygen atoms in total. The van der Waals surface area contributed by atoms with Crippen LogP contribution < -0.4 is 11.1 Å². The van der Waals surface area contributed by atoms with Crippen LogP contribution in [0.25, 0.3) is 0 Å². The minimum atomic E-state index is 0.0710. The van der Waals surface area contributed by atoms with Gasteiger partial charge in [-0.05, 0) is 24.9 Å². The minimum absolute atomic E-state index is 0.0710. The van der Waals surface area contributed by atoms with E-state index in [9.17, 15) is 4.79 Å². The largest absolute Gasteiger partial charge is 0.356 e. The summed E-state index contributed by atoms with van der Waals surface area (Å²) in [5.41, 5.74) is 5.22. The van der Waals surface area contributed by atoms with Gasteiger partial charge in [0, 0.05) is 19.5 Å². The third-order valence-electron chi connectivity index (χ3n) is 1.47. The fourth-order valence-corrected chi connectivity index (χ4v) is 1.31. The summed E-state index contributed by atoms with van der Waals surface area (Å²) >= 11 is 1.84. The number of thioether (sulfide) groups is 1. The van der Waals surface area contributed by atoms with Crippen molar-refractivity contribution in [2.45, 2.75) is 19.3 Å². The second-order valence-electron chi connectivity index (χ2n) is 2.59. The molecule has 12 heavy (non-hydrogen) atoms. The highest BCUT2D eigenvalue weighted by Crippen LogP contribution is 1.97. The Bertz CT molecular complexity index is 120. The van der Waals surface area contributed by atoms with E-state index in [2.05, 4.69) is 11.6 Å². The SMILES string of the molecule is CSCCCCNC(=O)CCN. The Morgan fingerprint density at radius 1 is 1.50 bits per heavy atom. The molecule has 0 rings (SSSR count). The van der Waals surface area contributed by atoms with E-state index in [1.54, 1.807) is 0 Å². The van der Waals surface area contributed by atoms with E-state index in [0.717, 1.165) is 13.0 Å². The monoisotopic (exact) mass is 190 g/mol. The van der Waals surface area contributed by atoms with Gasteiger partial charge in [-0.1, -0.05) is 0 Å². The van der Waals surface area contributed by atoms with E-state index in [4.69, 9.17) is 5.73 Å². The molecule has 0 radical (unpaired) electrons. The molecule has 0 aliphatic rings. The van der Waals surface area contributed by atoms with Crippen LogP contribution >= 0.6 is 11.8 Å². The molecule has 72 valence electrons. The van der Waals surface area contributed by atoms with Crippen molar-refractivity contribution in [2.75, 3.05) is 25.1 Å². The summed E-state index contributed by atoms with van der Waals surface area (Å²) in [6.07, 6.45) is 4.77. The first-order chi connectivity index (χ1) is 5.81. The normalized spacial score (nSPS) is 9.83. The number of rotatable bonds is 7. The van der Waals surface area contributed by atoms with Gasteiger partial charge in [0.15, 0.2) is 0 Å². The summed E-state index contributed by atoms with van der Waals surface area (Å²) in [7, 11) is 0. The molecule has 0 spiro atoms. The zero-order chi connectivity index (χ0) is 9.23. The molecule has 0 aromatic heterocycles. The lowest BCUT2D eigenvalue weighted by atomic mass is 10.3. The molecule has 1 amide bonds. The zero-order valence-corrected chi connectivity index (χ0v) is 8.45. The summed E-state index contributed by atoms with van der Waals surface area (Å²) in [6, 6.07) is 0. The number of unbranched alkanes of at least 4 members (excludes halogenated alkanes) is 1. The van der Waals surface area contributed by atoms with Gasteiger partial charge in [0.1, 0.15) is 0 Å². The molecule has 4 heteroatoms. The molecule has 0 aliphatic carbocycles. The molecule has 0 heterocycles. The van der Waals surface area contributed by atoms with Gasteiger partial charge in [-0.25, -0.2) is 0 Å². The highest BCUT2D eigenvalue weighted by molar-refractivity contribution is 7.98. The molecule has 0 unspecified atom stereocenters. The van der Waals surface area contributed by atoms with Crippen molar-refractivity contribution in [2.24, 2.45) is 5.73 Å². The van der Waals surface area contributed by atoms with Gasteiger partial charge >= 0.3 is 0 Å². The van der Waals surface area contributed by atoms with Gasteiger partial charge in [0.05, 0.1) is 0 Å². The van der Waals surface area contributed by atoms with Crippen molar-refractivity contribution in [1.29, 1.82) is 0 Å². The van der Waals surface area contributed by atoms with Gasteiger partial charge in [0.25, 0.3) is 0 Å². The first-order valence-corrected chi connectivity index (χ1v) is 5.66. The van der Waals surface area contributed by atoms with Crippen LogP contribution in [0.15, 0.2) is 0 Å². The average molecular weight is 190 g/mol. The Labute approximate surface area is 78.5 Å². The van der Waals surface area contributed by atoms with Crippen LogP contribution in [-0.2, 0) is 4.79 Å². The van der Waals surface area contributed by atoms with Gasteiger partial charge < -0.3 is 11.1 Å². The molecule has 0 saturated heterocycles. The summed E-state index contributed by atoms with van der Waals surface area (Å²) in [4.78, 5) is 10.9. The van der Waals surface area contributed by atoms with E-state index < -0.39 is 0 Å². The second-order valence-corrected chi connectivity index (χ2v) is 3.57. The molecule has 0 atom stereocenters. The number of carbonyl (C=O) groups is 1. The second kappa shape index (κ2) is 8.87. The first kappa shape index (κ1) is 11.8. The van der Waals surface area contributed by atoms with Crippen LogP contribution in [-0.4, -0.2) is 31.0 Å². The van der Waals surface area contributed by atoms with Crippen LogP contribution in [0.5, 0.6) is 0 Å². The van der Waals surface area contributed by atoms with E-state index >= 15 is 0 Å². The van der Waals surface area contributed by atoms with Crippen LogP contribution in [0.2, 0.25) is 0 Å². The predicted molar refractivity (Wildman–Crippen MR) is 54.3 cm³/mol. The highest BCUT2D eigenvalue weighted by atomic mass is 32.2. The maximum absolute atomic E-state index is 10.9. The molecule has 3 N–H and O–H groups in total. The van der Waals surface area contributed by atoms with Crippen molar-refractivity contribution >= 4 is 17.7 Å². The van der Waals surface area contributed by atoms with Crippen molar-refractivity contribution in [3.63, 3.8) is 0 Å². The minimum Gasteiger partial charge on any atom is -0.356 e. The number of nitrogens with one attached hydrogen (secondary N) is 1. The van der Waals surface area contributed by atoms with Crippen LogP contribution in [0.1, 0.15) is 19.3 Å². The molecular formula is C8H18N2OS. The number of hydrogen-bond acceptors (Lipinski definition) is 3. The average Bonchev–Trinajstić information content (AvgIpc) is 2.05. The third-order valence-corrected chi connectivity index (χ3v) is 2.17. The van der Waals surface area contributed by atoms with Crippen LogP contribution in [0.3, 0.4) is 0 Å². The molecule has 0 aromatic carbocycles. The lowest BCUT2D eigenvalue weighted by Gasteiger charge is -2.02. The van der Waals surface area contributed by atoms with E-state index in [0.29, 0.717) is 13.0 Å². The summed E-state index contributed by atoms with van der Waals surface area (Å²) in [5.74, 6) is 1.24. The molecule has 0 saturated carbocycles. The Balaban J connectivity index is 3.03. The van der Waals surface area contributed by atoms with Crippen molar-refractivity contribution in [1.82, 2.24) is 5.32 Å². The lowest BCUT2D eigenvalue weighted by molar-refractivity contribution is -0.120. The smallest absolute Gasteiger partial charge is 0.221 e. The van der Waals surface area contributed by atoms with Crippen molar-refractivity contribution in [3.8, 4) is 0 Å². The number of nitrogens with two attached hydrogens (primary N) is 1. The molecule has 0 aromatic rings. The van der Waals surface area contributed by atoms with Crippen LogP contribution in [0.4, 0.5) is 0 Å². The van der Waals surface area contributed by atoms with Gasteiger partial charge in [-0.15, -0.1) is 0 Å². The van der Waals surface area contributed by atoms with Gasteiger partial charge in [0.2, 0.25) is 5.91 Å². The van der Waals surface area contributed by atoms with E-state index in [1.807, 2.05) is 11.8 Å².